The number of piperidine rings is 1. The van der Waals surface area contributed by atoms with Gasteiger partial charge in [-0.05, 0) is 38.4 Å². The highest BCUT2D eigenvalue weighted by molar-refractivity contribution is 5.17. The number of aromatic nitrogens is 1. The lowest BCUT2D eigenvalue weighted by Crippen LogP contribution is -2.40. The number of rotatable bonds is 2. The van der Waals surface area contributed by atoms with E-state index < -0.39 is 0 Å². The zero-order valence-corrected chi connectivity index (χ0v) is 8.44. The van der Waals surface area contributed by atoms with E-state index in [0.29, 0.717) is 12.1 Å². The number of pyridine rings is 1. The van der Waals surface area contributed by atoms with Crippen molar-refractivity contribution >= 4 is 0 Å². The first-order valence-electron chi connectivity index (χ1n) is 5.14. The molecule has 1 aliphatic rings. The zero-order valence-electron chi connectivity index (χ0n) is 8.44. The molecule has 1 aromatic rings. The van der Waals surface area contributed by atoms with Crippen LogP contribution in [0.1, 0.15) is 19.8 Å². The SMILES string of the molecule is C[C@H]1C[C@H](Oc2ccncc2)CCN1. The standard InChI is InChI=1S/C11H16N2O/c1-9-8-11(4-7-13-9)14-10-2-5-12-6-3-10/h2-3,5-6,9,11,13H,4,7-8H2,1H3/t9-,11+/m0/s1. The predicted molar refractivity (Wildman–Crippen MR) is 55.4 cm³/mol. The monoisotopic (exact) mass is 192 g/mol. The van der Waals surface area contributed by atoms with Crippen LogP contribution < -0.4 is 10.1 Å². The molecule has 0 bridgehead atoms. The van der Waals surface area contributed by atoms with Crippen LogP contribution in [0, 0.1) is 0 Å². The molecule has 0 saturated carbocycles. The van der Waals surface area contributed by atoms with Crippen LogP contribution in [0.2, 0.25) is 0 Å². The van der Waals surface area contributed by atoms with Gasteiger partial charge in [-0.3, -0.25) is 4.98 Å². The Labute approximate surface area is 84.5 Å². The molecule has 1 N–H and O–H groups in total. The molecule has 1 saturated heterocycles. The molecule has 0 unspecified atom stereocenters. The Kier molecular flexibility index (Phi) is 2.99. The van der Waals surface area contributed by atoms with E-state index in [-0.39, 0.29) is 0 Å². The summed E-state index contributed by atoms with van der Waals surface area (Å²) >= 11 is 0. The second kappa shape index (κ2) is 4.42. The van der Waals surface area contributed by atoms with Gasteiger partial charge in [-0.1, -0.05) is 0 Å². The van der Waals surface area contributed by atoms with Crippen molar-refractivity contribution in [3.63, 3.8) is 0 Å². The van der Waals surface area contributed by atoms with Crippen LogP contribution in [-0.2, 0) is 0 Å². The van der Waals surface area contributed by atoms with E-state index in [1.165, 1.54) is 0 Å². The first-order valence-corrected chi connectivity index (χ1v) is 5.14. The predicted octanol–water partition coefficient (Wildman–Crippen LogP) is 1.60. The largest absolute Gasteiger partial charge is 0.490 e. The fraction of sp³-hybridized carbons (Fsp3) is 0.545. The molecule has 1 aliphatic heterocycles. The summed E-state index contributed by atoms with van der Waals surface area (Å²) in [5.74, 6) is 0.930. The maximum atomic E-state index is 5.85. The number of hydrogen-bond donors (Lipinski definition) is 1. The first-order chi connectivity index (χ1) is 6.84. The van der Waals surface area contributed by atoms with Crippen molar-refractivity contribution in [3.05, 3.63) is 24.5 Å². The van der Waals surface area contributed by atoms with Gasteiger partial charge in [-0.25, -0.2) is 0 Å². The molecule has 0 aliphatic carbocycles. The Morgan fingerprint density at radius 1 is 1.43 bits per heavy atom. The van der Waals surface area contributed by atoms with E-state index >= 15 is 0 Å². The second-order valence-corrected chi connectivity index (χ2v) is 3.80. The third kappa shape index (κ3) is 2.45. The molecule has 3 nitrogen and oxygen atoms in total. The Morgan fingerprint density at radius 2 is 2.21 bits per heavy atom. The summed E-state index contributed by atoms with van der Waals surface area (Å²) in [4.78, 5) is 3.96. The highest BCUT2D eigenvalue weighted by Gasteiger charge is 2.19. The van der Waals surface area contributed by atoms with Gasteiger partial charge in [-0.2, -0.15) is 0 Å². The summed E-state index contributed by atoms with van der Waals surface area (Å²) in [6.45, 7) is 3.25. The number of hydrogen-bond acceptors (Lipinski definition) is 3. The Morgan fingerprint density at radius 3 is 2.93 bits per heavy atom. The summed E-state index contributed by atoms with van der Waals surface area (Å²) in [6, 6.07) is 4.38. The van der Waals surface area contributed by atoms with Crippen LogP contribution >= 0.6 is 0 Å². The molecule has 1 aromatic heterocycles. The van der Waals surface area contributed by atoms with Crippen molar-refractivity contribution < 1.29 is 4.74 Å². The molecular formula is C11H16N2O. The van der Waals surface area contributed by atoms with Crippen LogP contribution in [0.3, 0.4) is 0 Å². The lowest BCUT2D eigenvalue weighted by Gasteiger charge is -2.28. The third-order valence-electron chi connectivity index (χ3n) is 2.53. The van der Waals surface area contributed by atoms with Crippen LogP contribution in [0.5, 0.6) is 5.75 Å². The van der Waals surface area contributed by atoms with Crippen molar-refractivity contribution in [2.24, 2.45) is 0 Å². The number of nitrogens with one attached hydrogen (secondary N) is 1. The van der Waals surface area contributed by atoms with Gasteiger partial charge in [0.15, 0.2) is 0 Å². The van der Waals surface area contributed by atoms with Gasteiger partial charge in [-0.15, -0.1) is 0 Å². The fourth-order valence-electron chi connectivity index (χ4n) is 1.80. The third-order valence-corrected chi connectivity index (χ3v) is 2.53. The minimum Gasteiger partial charge on any atom is -0.490 e. The molecule has 3 heteroatoms. The maximum absolute atomic E-state index is 5.85. The van der Waals surface area contributed by atoms with E-state index in [2.05, 4.69) is 17.2 Å². The molecule has 2 atom stereocenters. The molecular weight excluding hydrogens is 176 g/mol. The van der Waals surface area contributed by atoms with Crippen molar-refractivity contribution in [3.8, 4) is 5.75 Å². The summed E-state index contributed by atoms with van der Waals surface area (Å²) < 4.78 is 5.85. The van der Waals surface area contributed by atoms with Gasteiger partial charge >= 0.3 is 0 Å². The molecule has 0 spiro atoms. The van der Waals surface area contributed by atoms with Crippen molar-refractivity contribution in [1.29, 1.82) is 0 Å². The molecule has 76 valence electrons. The smallest absolute Gasteiger partial charge is 0.122 e. The molecule has 14 heavy (non-hydrogen) atoms. The first kappa shape index (κ1) is 9.46. The highest BCUT2D eigenvalue weighted by Crippen LogP contribution is 2.17. The van der Waals surface area contributed by atoms with Crippen molar-refractivity contribution in [2.45, 2.75) is 31.9 Å². The fourth-order valence-corrected chi connectivity index (χ4v) is 1.80. The normalized spacial score (nSPS) is 27.2. The molecule has 2 rings (SSSR count). The Hall–Kier alpha value is -1.09. The van der Waals surface area contributed by atoms with Crippen molar-refractivity contribution in [1.82, 2.24) is 10.3 Å². The van der Waals surface area contributed by atoms with Crippen LogP contribution in [-0.4, -0.2) is 23.7 Å². The van der Waals surface area contributed by atoms with Crippen LogP contribution in [0.4, 0.5) is 0 Å². The summed E-state index contributed by atoms with van der Waals surface area (Å²) in [5, 5.41) is 3.41. The molecule has 2 heterocycles. The van der Waals surface area contributed by atoms with Crippen LogP contribution in [0.15, 0.2) is 24.5 Å². The average molecular weight is 192 g/mol. The molecule has 0 amide bonds. The van der Waals surface area contributed by atoms with E-state index in [1.54, 1.807) is 12.4 Å². The lowest BCUT2D eigenvalue weighted by molar-refractivity contribution is 0.144. The van der Waals surface area contributed by atoms with Gasteiger partial charge in [0.2, 0.25) is 0 Å². The minimum absolute atomic E-state index is 0.355. The second-order valence-electron chi connectivity index (χ2n) is 3.80. The van der Waals surface area contributed by atoms with Gasteiger partial charge in [0.25, 0.3) is 0 Å². The van der Waals surface area contributed by atoms with E-state index in [0.717, 1.165) is 25.1 Å². The van der Waals surface area contributed by atoms with Crippen LogP contribution in [0.25, 0.3) is 0 Å². The molecule has 0 radical (unpaired) electrons. The number of ether oxygens (including phenoxy) is 1. The van der Waals surface area contributed by atoms with Gasteiger partial charge in [0.05, 0.1) is 0 Å². The zero-order chi connectivity index (χ0) is 9.80. The van der Waals surface area contributed by atoms with Gasteiger partial charge in [0, 0.05) is 18.4 Å². The number of nitrogens with zero attached hydrogens (tertiary/aromatic N) is 1. The van der Waals surface area contributed by atoms with E-state index in [9.17, 15) is 0 Å². The van der Waals surface area contributed by atoms with Crippen molar-refractivity contribution in [2.75, 3.05) is 6.54 Å². The minimum atomic E-state index is 0.355. The molecule has 0 aromatic carbocycles. The van der Waals surface area contributed by atoms with E-state index in [4.69, 9.17) is 4.74 Å². The Balaban J connectivity index is 1.91. The quantitative estimate of drug-likeness (QED) is 0.772. The topological polar surface area (TPSA) is 34.1 Å². The summed E-state index contributed by atoms with van der Waals surface area (Å²) in [6.07, 6.45) is 6.06. The maximum Gasteiger partial charge on any atom is 0.122 e. The summed E-state index contributed by atoms with van der Waals surface area (Å²) in [5.41, 5.74) is 0. The Bertz CT molecular complexity index is 276. The summed E-state index contributed by atoms with van der Waals surface area (Å²) in [7, 11) is 0. The van der Waals surface area contributed by atoms with E-state index in [1.807, 2.05) is 12.1 Å². The lowest BCUT2D eigenvalue weighted by atomic mass is 10.0. The van der Waals surface area contributed by atoms with Gasteiger partial charge in [0.1, 0.15) is 11.9 Å². The average Bonchev–Trinajstić information content (AvgIpc) is 2.19. The highest BCUT2D eigenvalue weighted by atomic mass is 16.5. The molecule has 1 fully saturated rings. The van der Waals surface area contributed by atoms with Gasteiger partial charge < -0.3 is 10.1 Å².